The number of carbonyl (C=O) groups is 2. The first-order valence-electron chi connectivity index (χ1n) is 11.0. The fraction of sp³-hybridized carbons (Fsp3) is 0.259. The summed E-state index contributed by atoms with van der Waals surface area (Å²) in [6, 6.07) is 26.2. The lowest BCUT2D eigenvalue weighted by Gasteiger charge is -2.24. The summed E-state index contributed by atoms with van der Waals surface area (Å²) in [5.74, 6) is -0.0173. The summed E-state index contributed by atoms with van der Waals surface area (Å²) in [6.45, 7) is 3.36. The van der Waals surface area contributed by atoms with Gasteiger partial charge in [-0.3, -0.25) is 9.59 Å². The topological polar surface area (TPSA) is 52.7 Å². The summed E-state index contributed by atoms with van der Waals surface area (Å²) in [5, 5.41) is 2.98. The maximum absolute atomic E-state index is 12.6. The van der Waals surface area contributed by atoms with Gasteiger partial charge in [0.15, 0.2) is 0 Å². The normalized spacial score (nSPS) is 15.4. The highest BCUT2D eigenvalue weighted by Crippen LogP contribution is 2.24. The summed E-state index contributed by atoms with van der Waals surface area (Å²) < 4.78 is 0. The average molecular weight is 428 g/mol. The highest BCUT2D eigenvalue weighted by atomic mass is 16.2. The zero-order valence-corrected chi connectivity index (χ0v) is 18.6. The molecule has 0 spiro atoms. The lowest BCUT2D eigenvalue weighted by molar-refractivity contribution is -0.129. The van der Waals surface area contributed by atoms with Crippen LogP contribution in [0.1, 0.15) is 34.8 Å². The molecule has 0 bridgehead atoms. The van der Waals surface area contributed by atoms with Gasteiger partial charge in [-0.2, -0.15) is 0 Å². The average Bonchev–Trinajstić information content (AvgIpc) is 3.30. The van der Waals surface area contributed by atoms with E-state index < -0.39 is 0 Å². The van der Waals surface area contributed by atoms with Gasteiger partial charge in [0.05, 0.1) is 6.04 Å². The molecular weight excluding hydrogens is 398 g/mol. The fourth-order valence-corrected chi connectivity index (χ4v) is 4.11. The number of hydrogen-bond donors (Lipinski definition) is 1. The van der Waals surface area contributed by atoms with Gasteiger partial charge in [-0.15, -0.1) is 0 Å². The van der Waals surface area contributed by atoms with E-state index in [0.29, 0.717) is 5.56 Å². The van der Waals surface area contributed by atoms with Crippen LogP contribution >= 0.6 is 0 Å². The van der Waals surface area contributed by atoms with Crippen molar-refractivity contribution in [2.45, 2.75) is 25.8 Å². The molecular formula is C27H29N3O2. The van der Waals surface area contributed by atoms with Crippen molar-refractivity contribution in [3.05, 3.63) is 95.6 Å². The largest absolute Gasteiger partial charge is 0.369 e. The molecule has 1 aliphatic rings. The van der Waals surface area contributed by atoms with E-state index in [4.69, 9.17) is 0 Å². The summed E-state index contributed by atoms with van der Waals surface area (Å²) in [4.78, 5) is 28.4. The van der Waals surface area contributed by atoms with E-state index in [-0.39, 0.29) is 17.9 Å². The number of benzene rings is 3. The number of nitrogens with zero attached hydrogens (tertiary/aromatic N) is 2. The molecule has 1 heterocycles. The minimum Gasteiger partial charge on any atom is -0.369 e. The summed E-state index contributed by atoms with van der Waals surface area (Å²) >= 11 is 0. The Hall–Kier alpha value is -3.60. The second-order valence-electron chi connectivity index (χ2n) is 8.38. The number of likely N-dealkylation sites (N-methyl/N-ethyl adjacent to an activating group) is 1. The first-order chi connectivity index (χ1) is 15.5. The highest BCUT2D eigenvalue weighted by molar-refractivity contribution is 6.04. The first-order valence-corrected chi connectivity index (χ1v) is 11.0. The van der Waals surface area contributed by atoms with Crippen LogP contribution in [0.15, 0.2) is 78.9 Å². The van der Waals surface area contributed by atoms with Gasteiger partial charge in [0.1, 0.15) is 0 Å². The smallest absolute Gasteiger partial charge is 0.255 e. The third-order valence-corrected chi connectivity index (χ3v) is 6.17. The zero-order valence-electron chi connectivity index (χ0n) is 18.6. The van der Waals surface area contributed by atoms with E-state index in [1.54, 1.807) is 6.92 Å². The summed E-state index contributed by atoms with van der Waals surface area (Å²) in [5.41, 5.74) is 4.94. The van der Waals surface area contributed by atoms with Crippen LogP contribution < -0.4 is 10.2 Å². The van der Waals surface area contributed by atoms with Gasteiger partial charge in [-0.25, -0.2) is 0 Å². The van der Waals surface area contributed by atoms with Crippen molar-refractivity contribution in [2.24, 2.45) is 0 Å². The maximum Gasteiger partial charge on any atom is 0.255 e. The van der Waals surface area contributed by atoms with Gasteiger partial charge < -0.3 is 15.1 Å². The number of hydrogen-bond acceptors (Lipinski definition) is 3. The van der Waals surface area contributed by atoms with Crippen molar-refractivity contribution in [2.75, 3.05) is 30.4 Å². The van der Waals surface area contributed by atoms with Gasteiger partial charge in [-0.1, -0.05) is 42.5 Å². The maximum atomic E-state index is 12.6. The van der Waals surface area contributed by atoms with Gasteiger partial charge in [0, 0.05) is 44.0 Å². The van der Waals surface area contributed by atoms with Crippen LogP contribution in [0.3, 0.4) is 0 Å². The first kappa shape index (κ1) is 21.6. The van der Waals surface area contributed by atoms with Gasteiger partial charge >= 0.3 is 0 Å². The van der Waals surface area contributed by atoms with Crippen molar-refractivity contribution in [1.82, 2.24) is 4.90 Å². The molecule has 3 aromatic rings. The molecule has 0 aliphatic carbocycles. The second-order valence-corrected chi connectivity index (χ2v) is 8.38. The van der Waals surface area contributed by atoms with Crippen molar-refractivity contribution < 1.29 is 9.59 Å². The molecule has 0 aromatic heterocycles. The standard InChI is InChI=1S/C27H29N3O2/c1-20(31)29(2)26-16-17-30(19-26)25-14-12-24(13-15-25)28-27(32)23-10-8-22(9-11-23)18-21-6-4-3-5-7-21/h3-15,26H,16-19H2,1-2H3,(H,28,32). The Bertz CT molecular complexity index is 1060. The Morgan fingerprint density at radius 3 is 2.25 bits per heavy atom. The number of nitrogens with one attached hydrogen (secondary N) is 1. The Kier molecular flexibility index (Phi) is 6.55. The summed E-state index contributed by atoms with van der Waals surface area (Å²) in [7, 11) is 1.86. The third kappa shape index (κ3) is 5.17. The van der Waals surface area contributed by atoms with Gasteiger partial charge in [0.25, 0.3) is 5.91 Å². The predicted molar refractivity (Wildman–Crippen MR) is 129 cm³/mol. The third-order valence-electron chi connectivity index (χ3n) is 6.17. The molecule has 1 N–H and O–H groups in total. The minimum atomic E-state index is -0.117. The van der Waals surface area contributed by atoms with Crippen LogP contribution in [0.2, 0.25) is 0 Å². The Morgan fingerprint density at radius 2 is 1.59 bits per heavy atom. The molecule has 5 heteroatoms. The minimum absolute atomic E-state index is 0.100. The van der Waals surface area contributed by atoms with Crippen molar-refractivity contribution in [3.8, 4) is 0 Å². The van der Waals surface area contributed by atoms with E-state index in [1.165, 1.54) is 11.1 Å². The quantitative estimate of drug-likeness (QED) is 0.626. The molecule has 1 atom stereocenters. The van der Waals surface area contributed by atoms with Crippen LogP contribution in [0.5, 0.6) is 0 Å². The molecule has 5 nitrogen and oxygen atoms in total. The van der Waals surface area contributed by atoms with Crippen LogP contribution in [0.25, 0.3) is 0 Å². The molecule has 32 heavy (non-hydrogen) atoms. The van der Waals surface area contributed by atoms with Crippen molar-refractivity contribution in [1.29, 1.82) is 0 Å². The number of anilines is 2. The Balaban J connectivity index is 1.33. The molecule has 0 radical (unpaired) electrons. The lowest BCUT2D eigenvalue weighted by atomic mass is 10.0. The highest BCUT2D eigenvalue weighted by Gasteiger charge is 2.27. The van der Waals surface area contributed by atoms with Crippen LogP contribution in [0, 0.1) is 0 Å². The van der Waals surface area contributed by atoms with Crippen molar-refractivity contribution in [3.63, 3.8) is 0 Å². The number of amides is 2. The van der Waals surface area contributed by atoms with E-state index >= 15 is 0 Å². The van der Waals surface area contributed by atoms with E-state index in [2.05, 4.69) is 22.3 Å². The predicted octanol–water partition coefficient (Wildman–Crippen LogP) is 4.59. The van der Waals surface area contributed by atoms with Crippen LogP contribution in [0.4, 0.5) is 11.4 Å². The second kappa shape index (κ2) is 9.69. The van der Waals surface area contributed by atoms with Gasteiger partial charge in [-0.05, 0) is 60.4 Å². The molecule has 3 aromatic carbocycles. The molecule has 2 amide bonds. The van der Waals surface area contributed by atoms with Crippen LogP contribution in [-0.4, -0.2) is 42.9 Å². The van der Waals surface area contributed by atoms with Crippen LogP contribution in [-0.2, 0) is 11.2 Å². The number of rotatable bonds is 6. The molecule has 164 valence electrons. The number of carbonyl (C=O) groups excluding carboxylic acids is 2. The van der Waals surface area contributed by atoms with E-state index in [0.717, 1.165) is 37.3 Å². The van der Waals surface area contributed by atoms with Gasteiger partial charge in [0.2, 0.25) is 5.91 Å². The Morgan fingerprint density at radius 1 is 0.938 bits per heavy atom. The molecule has 4 rings (SSSR count). The fourth-order valence-electron chi connectivity index (χ4n) is 4.11. The summed E-state index contributed by atoms with van der Waals surface area (Å²) in [6.07, 6.45) is 1.82. The molecule has 1 unspecified atom stereocenters. The zero-order chi connectivity index (χ0) is 22.5. The van der Waals surface area contributed by atoms with Crippen molar-refractivity contribution >= 4 is 23.2 Å². The SMILES string of the molecule is CC(=O)N(C)C1CCN(c2ccc(NC(=O)c3ccc(Cc4ccccc4)cc3)cc2)C1. The molecule has 1 aliphatic heterocycles. The van der Waals surface area contributed by atoms with E-state index in [1.807, 2.05) is 78.7 Å². The monoisotopic (exact) mass is 427 g/mol. The molecule has 1 saturated heterocycles. The van der Waals surface area contributed by atoms with E-state index in [9.17, 15) is 9.59 Å². The molecule has 0 saturated carbocycles. The molecule has 1 fully saturated rings. The lowest BCUT2D eigenvalue weighted by Crippen LogP contribution is -2.37. The Labute approximate surface area is 189 Å².